The zero-order chi connectivity index (χ0) is 19.8. The van der Waals surface area contributed by atoms with Crippen molar-refractivity contribution in [3.05, 3.63) is 58.1 Å². The van der Waals surface area contributed by atoms with Crippen LogP contribution in [0.15, 0.2) is 36.4 Å². The first-order chi connectivity index (χ1) is 14.2. The fraction of sp³-hybridized carbons (Fsp3) is 0.391. The summed E-state index contributed by atoms with van der Waals surface area (Å²) in [4.78, 5) is 18.0. The zero-order valence-corrected chi connectivity index (χ0v) is 17.3. The van der Waals surface area contributed by atoms with E-state index in [1.807, 2.05) is 37.3 Å². The van der Waals surface area contributed by atoms with Crippen LogP contribution in [0.25, 0.3) is 10.2 Å². The van der Waals surface area contributed by atoms with E-state index in [0.717, 1.165) is 65.0 Å². The summed E-state index contributed by atoms with van der Waals surface area (Å²) in [6, 6.07) is 12.0. The summed E-state index contributed by atoms with van der Waals surface area (Å²) >= 11 is 1.74. The van der Waals surface area contributed by atoms with Crippen molar-refractivity contribution in [2.45, 2.75) is 38.1 Å². The van der Waals surface area contributed by atoms with Gasteiger partial charge in [0.05, 0.1) is 27.9 Å². The molecule has 0 spiro atoms. The molecule has 2 aliphatic heterocycles. The second-order valence-electron chi connectivity index (χ2n) is 7.91. The molecule has 3 aromatic rings. The van der Waals surface area contributed by atoms with Crippen LogP contribution in [0.2, 0.25) is 0 Å². The highest BCUT2D eigenvalue weighted by atomic mass is 32.1. The molecule has 2 aliphatic rings. The molecule has 5 rings (SSSR count). The van der Waals surface area contributed by atoms with Gasteiger partial charge in [0.2, 0.25) is 0 Å². The highest BCUT2D eigenvalue weighted by Crippen LogP contribution is 2.35. The summed E-state index contributed by atoms with van der Waals surface area (Å²) < 4.78 is 6.82. The average Bonchev–Trinajstić information content (AvgIpc) is 3.17. The number of nitrogens with one attached hydrogen (secondary N) is 2. The summed E-state index contributed by atoms with van der Waals surface area (Å²) in [5.74, 6) is 1.37. The maximum absolute atomic E-state index is 13.1. The van der Waals surface area contributed by atoms with E-state index in [0.29, 0.717) is 12.5 Å². The molecular formula is C23H25N3O2S. The SMILES string of the molecule is Cc1cc2nc(C3CCNCC3)sc2cc1C(=O)N[C@H]1CCOc2ccccc21. The second kappa shape index (κ2) is 7.76. The molecule has 0 radical (unpaired) electrons. The molecule has 29 heavy (non-hydrogen) atoms. The van der Waals surface area contributed by atoms with Crippen LogP contribution in [0.1, 0.15) is 57.7 Å². The molecular weight excluding hydrogens is 382 g/mol. The van der Waals surface area contributed by atoms with Crippen LogP contribution >= 0.6 is 11.3 Å². The number of nitrogens with zero attached hydrogens (tertiary/aromatic N) is 1. The molecule has 1 amide bonds. The molecule has 150 valence electrons. The third kappa shape index (κ3) is 3.63. The molecule has 1 saturated heterocycles. The van der Waals surface area contributed by atoms with E-state index in [-0.39, 0.29) is 11.9 Å². The third-order valence-electron chi connectivity index (χ3n) is 5.95. The van der Waals surface area contributed by atoms with Gasteiger partial charge >= 0.3 is 0 Å². The first kappa shape index (κ1) is 18.6. The van der Waals surface area contributed by atoms with Crippen molar-refractivity contribution in [1.29, 1.82) is 0 Å². The van der Waals surface area contributed by atoms with Gasteiger partial charge in [-0.3, -0.25) is 4.79 Å². The summed E-state index contributed by atoms with van der Waals surface area (Å²) in [5.41, 5.74) is 3.77. The first-order valence-corrected chi connectivity index (χ1v) is 11.1. The molecule has 5 nitrogen and oxygen atoms in total. The van der Waals surface area contributed by atoms with Gasteiger partial charge in [-0.1, -0.05) is 18.2 Å². The number of aryl methyl sites for hydroxylation is 1. The van der Waals surface area contributed by atoms with E-state index in [1.54, 1.807) is 11.3 Å². The lowest BCUT2D eigenvalue weighted by Gasteiger charge is -2.26. The Morgan fingerprint density at radius 1 is 1.21 bits per heavy atom. The van der Waals surface area contributed by atoms with Crippen LogP contribution in [-0.2, 0) is 0 Å². The maximum atomic E-state index is 13.1. The van der Waals surface area contributed by atoms with Gasteiger partial charge in [0.1, 0.15) is 5.75 Å². The van der Waals surface area contributed by atoms with Gasteiger partial charge in [0.15, 0.2) is 0 Å². The van der Waals surface area contributed by atoms with Crippen molar-refractivity contribution in [3.8, 4) is 5.75 Å². The smallest absolute Gasteiger partial charge is 0.252 e. The number of hydrogen-bond acceptors (Lipinski definition) is 5. The summed E-state index contributed by atoms with van der Waals surface area (Å²) in [7, 11) is 0. The lowest BCUT2D eigenvalue weighted by atomic mass is 9.99. The average molecular weight is 408 g/mol. The Morgan fingerprint density at radius 2 is 2.03 bits per heavy atom. The standard InChI is InChI=1S/C23H25N3O2S/c1-14-12-19-21(29-23(26-19)15-6-9-24-10-7-15)13-17(14)22(27)25-18-8-11-28-20-5-3-2-4-16(18)20/h2-5,12-13,15,18,24H,6-11H2,1H3,(H,25,27)/t18-/m0/s1. The van der Waals surface area contributed by atoms with E-state index in [1.165, 1.54) is 5.01 Å². The highest BCUT2D eigenvalue weighted by molar-refractivity contribution is 7.18. The number of thiazole rings is 1. The molecule has 1 aromatic heterocycles. The lowest BCUT2D eigenvalue weighted by Crippen LogP contribution is -2.32. The molecule has 2 N–H and O–H groups in total. The minimum atomic E-state index is -0.0251. The summed E-state index contributed by atoms with van der Waals surface area (Å²) in [6.07, 6.45) is 3.05. The van der Waals surface area contributed by atoms with Crippen LogP contribution in [0.3, 0.4) is 0 Å². The van der Waals surface area contributed by atoms with Gasteiger partial charge in [-0.05, 0) is 56.6 Å². The Labute approximate surface area is 174 Å². The van der Waals surface area contributed by atoms with Crippen LogP contribution in [0.5, 0.6) is 5.75 Å². The molecule has 6 heteroatoms. The Morgan fingerprint density at radius 3 is 2.90 bits per heavy atom. The maximum Gasteiger partial charge on any atom is 0.252 e. The number of amides is 1. The normalized spacial score (nSPS) is 19.6. The predicted octanol–water partition coefficient (Wildman–Crippen LogP) is 4.33. The highest BCUT2D eigenvalue weighted by Gasteiger charge is 2.25. The number of para-hydroxylation sites is 1. The zero-order valence-electron chi connectivity index (χ0n) is 16.5. The fourth-order valence-corrected chi connectivity index (χ4v) is 5.47. The van der Waals surface area contributed by atoms with E-state index >= 15 is 0 Å². The molecule has 3 heterocycles. The first-order valence-electron chi connectivity index (χ1n) is 10.3. The van der Waals surface area contributed by atoms with Crippen LogP contribution in [0, 0.1) is 6.92 Å². The number of carbonyl (C=O) groups is 1. The molecule has 1 atom stereocenters. The summed E-state index contributed by atoms with van der Waals surface area (Å²) in [6.45, 7) is 4.73. The number of aromatic nitrogens is 1. The Hall–Kier alpha value is -2.44. The van der Waals surface area contributed by atoms with Crippen molar-refractivity contribution in [3.63, 3.8) is 0 Å². The number of ether oxygens (including phenoxy) is 1. The van der Waals surface area contributed by atoms with Gasteiger partial charge in [0.25, 0.3) is 5.91 Å². The number of rotatable bonds is 3. The Balaban J connectivity index is 1.41. The second-order valence-corrected chi connectivity index (χ2v) is 8.97. The van der Waals surface area contributed by atoms with Gasteiger partial charge in [0, 0.05) is 23.5 Å². The summed E-state index contributed by atoms with van der Waals surface area (Å²) in [5, 5.41) is 7.84. The quantitative estimate of drug-likeness (QED) is 0.679. The number of benzene rings is 2. The van der Waals surface area contributed by atoms with Crippen molar-refractivity contribution >= 4 is 27.5 Å². The third-order valence-corrected chi connectivity index (χ3v) is 7.13. The van der Waals surface area contributed by atoms with Gasteiger partial charge in [-0.15, -0.1) is 11.3 Å². The monoisotopic (exact) mass is 407 g/mol. The van der Waals surface area contributed by atoms with E-state index < -0.39 is 0 Å². The van der Waals surface area contributed by atoms with Crippen molar-refractivity contribution in [2.24, 2.45) is 0 Å². The predicted molar refractivity (Wildman–Crippen MR) is 116 cm³/mol. The van der Waals surface area contributed by atoms with E-state index in [2.05, 4.69) is 16.7 Å². The molecule has 0 saturated carbocycles. The molecule has 0 unspecified atom stereocenters. The van der Waals surface area contributed by atoms with Crippen LogP contribution in [-0.4, -0.2) is 30.6 Å². The van der Waals surface area contributed by atoms with Gasteiger partial charge in [-0.2, -0.15) is 0 Å². The minimum absolute atomic E-state index is 0.0192. The van der Waals surface area contributed by atoms with E-state index in [9.17, 15) is 4.79 Å². The van der Waals surface area contributed by atoms with Crippen molar-refractivity contribution in [2.75, 3.05) is 19.7 Å². The molecule has 0 bridgehead atoms. The number of hydrogen-bond donors (Lipinski definition) is 2. The topological polar surface area (TPSA) is 63.2 Å². The van der Waals surface area contributed by atoms with Crippen LogP contribution in [0.4, 0.5) is 0 Å². The Kier molecular flexibility index (Phi) is 4.97. The number of fused-ring (bicyclic) bond motifs is 2. The van der Waals surface area contributed by atoms with E-state index in [4.69, 9.17) is 9.72 Å². The van der Waals surface area contributed by atoms with Crippen molar-refractivity contribution in [1.82, 2.24) is 15.6 Å². The fourth-order valence-electron chi connectivity index (χ4n) is 4.31. The molecule has 0 aliphatic carbocycles. The largest absolute Gasteiger partial charge is 0.493 e. The van der Waals surface area contributed by atoms with Crippen molar-refractivity contribution < 1.29 is 9.53 Å². The number of piperidine rings is 1. The minimum Gasteiger partial charge on any atom is -0.493 e. The number of carbonyl (C=O) groups excluding carboxylic acids is 1. The Bertz CT molecular complexity index is 1060. The molecule has 1 fully saturated rings. The van der Waals surface area contributed by atoms with Crippen LogP contribution < -0.4 is 15.4 Å². The molecule has 2 aromatic carbocycles. The van der Waals surface area contributed by atoms with Gasteiger partial charge < -0.3 is 15.4 Å². The lowest BCUT2D eigenvalue weighted by molar-refractivity contribution is 0.0924. The van der Waals surface area contributed by atoms with Gasteiger partial charge in [-0.25, -0.2) is 4.98 Å².